The van der Waals surface area contributed by atoms with Crippen molar-refractivity contribution in [1.82, 2.24) is 14.7 Å². The number of carbonyl (C=O) groups is 1. The summed E-state index contributed by atoms with van der Waals surface area (Å²) in [6.07, 6.45) is 6.10. The molecule has 1 N–H and O–H groups in total. The Hall–Kier alpha value is -2.21. The average Bonchev–Trinajstić information content (AvgIpc) is 2.91. The van der Waals surface area contributed by atoms with Gasteiger partial charge in [0.05, 0.1) is 17.9 Å². The van der Waals surface area contributed by atoms with E-state index in [9.17, 15) is 9.18 Å². The minimum atomic E-state index is -0.296. The number of aryl methyl sites for hydroxylation is 1. The van der Waals surface area contributed by atoms with Gasteiger partial charge < -0.3 is 5.32 Å². The molecule has 3 rings (SSSR count). The number of aromatic nitrogens is 2. The van der Waals surface area contributed by atoms with Gasteiger partial charge in [0, 0.05) is 6.07 Å². The molecule has 1 saturated heterocycles. The van der Waals surface area contributed by atoms with Crippen molar-refractivity contribution in [3.63, 3.8) is 0 Å². The largest absolute Gasteiger partial charge is 0.309 e. The zero-order valence-corrected chi connectivity index (χ0v) is 14.7. The first-order chi connectivity index (χ1) is 12.1. The van der Waals surface area contributed by atoms with Crippen LogP contribution in [0.3, 0.4) is 0 Å². The number of rotatable bonds is 4. The molecule has 1 amide bonds. The third-order valence-electron chi connectivity index (χ3n) is 4.49. The van der Waals surface area contributed by atoms with Crippen molar-refractivity contribution in [2.24, 2.45) is 0 Å². The number of carbonyl (C=O) groups excluding carboxylic acids is 1. The molecular formula is C19H25FN4O. The van der Waals surface area contributed by atoms with Crippen molar-refractivity contribution < 1.29 is 9.18 Å². The van der Waals surface area contributed by atoms with Gasteiger partial charge >= 0.3 is 0 Å². The summed E-state index contributed by atoms with van der Waals surface area (Å²) in [5.41, 5.74) is 1.52. The maximum absolute atomic E-state index is 13.1. The van der Waals surface area contributed by atoms with Crippen LogP contribution >= 0.6 is 0 Å². The number of hydrogen-bond acceptors (Lipinski definition) is 3. The number of benzene rings is 1. The van der Waals surface area contributed by atoms with Crippen LogP contribution in [0.2, 0.25) is 0 Å². The van der Waals surface area contributed by atoms with Crippen LogP contribution in [0.1, 0.15) is 37.8 Å². The molecule has 0 saturated carbocycles. The summed E-state index contributed by atoms with van der Waals surface area (Å²) in [5, 5.41) is 7.36. The molecule has 0 radical (unpaired) electrons. The fourth-order valence-electron chi connectivity index (χ4n) is 3.22. The minimum Gasteiger partial charge on any atom is -0.309 e. The Labute approximate surface area is 147 Å². The summed E-state index contributed by atoms with van der Waals surface area (Å²) in [6.45, 7) is 4.22. The summed E-state index contributed by atoms with van der Waals surface area (Å²) in [6, 6.07) is 7.90. The molecule has 134 valence electrons. The van der Waals surface area contributed by atoms with E-state index in [0.29, 0.717) is 12.4 Å². The molecule has 1 aromatic heterocycles. The van der Waals surface area contributed by atoms with Gasteiger partial charge in [0.25, 0.3) is 0 Å². The lowest BCUT2D eigenvalue weighted by molar-refractivity contribution is -0.117. The van der Waals surface area contributed by atoms with Gasteiger partial charge in [-0.15, -0.1) is 0 Å². The molecule has 1 aromatic carbocycles. The first-order valence-electron chi connectivity index (χ1n) is 8.96. The molecule has 6 heteroatoms. The quantitative estimate of drug-likeness (QED) is 0.923. The number of likely N-dealkylation sites (tertiary alicyclic amines) is 1. The number of nitrogens with zero attached hydrogens (tertiary/aromatic N) is 3. The smallest absolute Gasteiger partial charge is 0.239 e. The second-order valence-electron chi connectivity index (χ2n) is 6.65. The topological polar surface area (TPSA) is 50.2 Å². The Kier molecular flexibility index (Phi) is 5.81. The fourth-order valence-corrected chi connectivity index (χ4v) is 3.22. The molecule has 1 aliphatic rings. The molecule has 5 nitrogen and oxygen atoms in total. The van der Waals surface area contributed by atoms with Crippen LogP contribution in [-0.4, -0.2) is 40.2 Å². The van der Waals surface area contributed by atoms with Gasteiger partial charge in [-0.1, -0.05) is 19.3 Å². The summed E-state index contributed by atoms with van der Waals surface area (Å²) >= 11 is 0. The van der Waals surface area contributed by atoms with Crippen LogP contribution in [0.5, 0.6) is 0 Å². The lowest BCUT2D eigenvalue weighted by Gasteiger charge is -2.23. The van der Waals surface area contributed by atoms with E-state index in [2.05, 4.69) is 15.3 Å². The number of amides is 1. The van der Waals surface area contributed by atoms with E-state index in [1.165, 1.54) is 31.4 Å². The number of anilines is 1. The number of nitrogens with one attached hydrogen (secondary N) is 1. The highest BCUT2D eigenvalue weighted by atomic mass is 19.1. The number of hydrogen-bond donors (Lipinski definition) is 1. The highest BCUT2D eigenvalue weighted by molar-refractivity contribution is 5.91. The predicted octanol–water partition coefficient (Wildman–Crippen LogP) is 3.52. The molecule has 0 aliphatic carbocycles. The maximum Gasteiger partial charge on any atom is 0.239 e. The van der Waals surface area contributed by atoms with E-state index in [1.54, 1.807) is 16.8 Å². The zero-order valence-electron chi connectivity index (χ0n) is 14.7. The van der Waals surface area contributed by atoms with Crippen molar-refractivity contribution in [1.29, 1.82) is 0 Å². The first-order valence-corrected chi connectivity index (χ1v) is 8.96. The van der Waals surface area contributed by atoms with Gasteiger partial charge in [0.2, 0.25) is 5.91 Å². The van der Waals surface area contributed by atoms with E-state index in [1.807, 2.05) is 13.0 Å². The summed E-state index contributed by atoms with van der Waals surface area (Å²) in [4.78, 5) is 14.7. The highest BCUT2D eigenvalue weighted by Gasteiger charge is 2.15. The molecule has 1 aliphatic heterocycles. The predicted molar refractivity (Wildman–Crippen MR) is 96.4 cm³/mol. The van der Waals surface area contributed by atoms with Gasteiger partial charge in [-0.25, -0.2) is 9.07 Å². The lowest BCUT2D eigenvalue weighted by Crippen LogP contribution is -2.35. The number of halogens is 1. The second-order valence-corrected chi connectivity index (χ2v) is 6.65. The van der Waals surface area contributed by atoms with Crippen molar-refractivity contribution in [2.75, 3.05) is 25.0 Å². The van der Waals surface area contributed by atoms with Gasteiger partial charge in [-0.3, -0.25) is 9.69 Å². The molecular weight excluding hydrogens is 319 g/mol. The Morgan fingerprint density at radius 1 is 1.12 bits per heavy atom. The molecule has 2 aromatic rings. The van der Waals surface area contributed by atoms with Crippen LogP contribution < -0.4 is 5.32 Å². The van der Waals surface area contributed by atoms with Crippen LogP contribution in [0.15, 0.2) is 30.3 Å². The van der Waals surface area contributed by atoms with E-state index >= 15 is 0 Å². The van der Waals surface area contributed by atoms with E-state index in [-0.39, 0.29) is 11.7 Å². The molecule has 0 spiro atoms. The molecule has 25 heavy (non-hydrogen) atoms. The van der Waals surface area contributed by atoms with Crippen LogP contribution in [0.25, 0.3) is 5.69 Å². The van der Waals surface area contributed by atoms with Crippen LogP contribution in [0, 0.1) is 12.7 Å². The standard InChI is InChI=1S/C19H25FN4O/c1-15-13-18(24(22-15)17-9-7-16(20)8-10-17)21-19(25)14-23-11-5-3-2-4-6-12-23/h7-10,13H,2-6,11-12,14H2,1H3,(H,21,25). The van der Waals surface area contributed by atoms with Crippen molar-refractivity contribution in [2.45, 2.75) is 39.0 Å². The molecule has 2 heterocycles. The van der Waals surface area contributed by atoms with E-state index in [4.69, 9.17) is 0 Å². The van der Waals surface area contributed by atoms with Crippen molar-refractivity contribution in [3.05, 3.63) is 41.8 Å². The Bertz CT molecular complexity index is 703. The Balaban J connectivity index is 1.67. The minimum absolute atomic E-state index is 0.0381. The Morgan fingerprint density at radius 3 is 2.44 bits per heavy atom. The first kappa shape index (κ1) is 17.6. The molecule has 0 bridgehead atoms. The zero-order chi connectivity index (χ0) is 17.6. The molecule has 1 fully saturated rings. The molecule has 0 unspecified atom stereocenters. The van der Waals surface area contributed by atoms with Gasteiger partial charge in [-0.2, -0.15) is 5.10 Å². The van der Waals surface area contributed by atoms with E-state index < -0.39 is 0 Å². The van der Waals surface area contributed by atoms with Crippen molar-refractivity contribution in [3.8, 4) is 5.69 Å². The van der Waals surface area contributed by atoms with E-state index in [0.717, 1.165) is 37.3 Å². The second kappa shape index (κ2) is 8.25. The average molecular weight is 344 g/mol. The normalized spacial score (nSPS) is 16.2. The third kappa shape index (κ3) is 4.89. The summed E-state index contributed by atoms with van der Waals surface area (Å²) in [5.74, 6) is 0.278. The Morgan fingerprint density at radius 2 is 1.76 bits per heavy atom. The summed E-state index contributed by atoms with van der Waals surface area (Å²) < 4.78 is 14.8. The fraction of sp³-hybridized carbons (Fsp3) is 0.474. The SMILES string of the molecule is Cc1cc(NC(=O)CN2CCCCCCC2)n(-c2ccc(F)cc2)n1. The van der Waals surface area contributed by atoms with Crippen molar-refractivity contribution >= 4 is 11.7 Å². The summed E-state index contributed by atoms with van der Waals surface area (Å²) in [7, 11) is 0. The van der Waals surface area contributed by atoms with Crippen LogP contribution in [-0.2, 0) is 4.79 Å². The maximum atomic E-state index is 13.1. The molecule has 0 atom stereocenters. The monoisotopic (exact) mass is 344 g/mol. The van der Waals surface area contributed by atoms with Gasteiger partial charge in [-0.05, 0) is 57.1 Å². The van der Waals surface area contributed by atoms with Gasteiger partial charge in [0.1, 0.15) is 11.6 Å². The highest BCUT2D eigenvalue weighted by Crippen LogP contribution is 2.18. The lowest BCUT2D eigenvalue weighted by atomic mass is 10.1. The third-order valence-corrected chi connectivity index (χ3v) is 4.49. The van der Waals surface area contributed by atoms with Gasteiger partial charge in [0.15, 0.2) is 0 Å². The van der Waals surface area contributed by atoms with Crippen LogP contribution in [0.4, 0.5) is 10.2 Å².